The van der Waals surface area contributed by atoms with Crippen LogP contribution in [0.4, 0.5) is 0 Å². The summed E-state index contributed by atoms with van der Waals surface area (Å²) in [5, 5.41) is 4.48. The van der Waals surface area contributed by atoms with Crippen LogP contribution < -0.4 is 4.74 Å². The number of nitrogens with zero attached hydrogens (tertiary/aromatic N) is 2. The average Bonchev–Trinajstić information content (AvgIpc) is 2.68. The predicted molar refractivity (Wildman–Crippen MR) is 86.5 cm³/mol. The lowest BCUT2D eigenvalue weighted by Gasteiger charge is -2.36. The lowest BCUT2D eigenvalue weighted by Crippen LogP contribution is -2.41. The maximum absolute atomic E-state index is 11.1. The first-order valence-corrected chi connectivity index (χ1v) is 10.3. The van der Waals surface area contributed by atoms with Crippen LogP contribution in [-0.4, -0.2) is 37.1 Å². The molecular weight excluding hydrogens is 284 g/mol. The molecule has 1 rings (SSSR count). The smallest absolute Gasteiger partial charge is 0.233 e. The molecular formula is C15H28N2O3Si. The first-order chi connectivity index (χ1) is 9.56. The van der Waals surface area contributed by atoms with Crippen LogP contribution in [0.5, 0.6) is 5.88 Å². The van der Waals surface area contributed by atoms with Crippen molar-refractivity contribution in [3.05, 3.63) is 11.8 Å². The Bertz CT molecular complexity index is 476. The lowest BCUT2D eigenvalue weighted by atomic mass is 10.2. The van der Waals surface area contributed by atoms with E-state index in [1.807, 2.05) is 13.8 Å². The Morgan fingerprint density at radius 1 is 1.38 bits per heavy atom. The maximum atomic E-state index is 11.1. The molecule has 0 radical (unpaired) electrons. The molecule has 120 valence electrons. The minimum atomic E-state index is -1.77. The summed E-state index contributed by atoms with van der Waals surface area (Å²) in [4.78, 5) is 11.1. The Labute approximate surface area is 128 Å². The van der Waals surface area contributed by atoms with Crippen LogP contribution in [0.15, 0.2) is 6.07 Å². The van der Waals surface area contributed by atoms with E-state index in [4.69, 9.17) is 9.16 Å². The van der Waals surface area contributed by atoms with Crippen LogP contribution in [0, 0.1) is 0 Å². The van der Waals surface area contributed by atoms with Crippen molar-refractivity contribution in [3.8, 4) is 5.88 Å². The summed E-state index contributed by atoms with van der Waals surface area (Å²) in [7, 11) is -1.77. The summed E-state index contributed by atoms with van der Waals surface area (Å²) in [5.41, 5.74) is 0.518. The Balaban J connectivity index is 2.67. The lowest BCUT2D eigenvalue weighted by molar-refractivity contribution is 0.111. The van der Waals surface area contributed by atoms with E-state index in [9.17, 15) is 4.79 Å². The second-order valence-electron chi connectivity index (χ2n) is 7.02. The second kappa shape index (κ2) is 6.75. The quantitative estimate of drug-likeness (QED) is 0.571. The molecule has 0 aliphatic carbocycles. The van der Waals surface area contributed by atoms with Gasteiger partial charge in [0, 0.05) is 6.07 Å². The number of hydrogen-bond acceptors (Lipinski definition) is 4. The van der Waals surface area contributed by atoms with Crippen molar-refractivity contribution in [1.82, 2.24) is 9.78 Å². The molecule has 0 fully saturated rings. The van der Waals surface area contributed by atoms with Crippen molar-refractivity contribution >= 4 is 14.6 Å². The van der Waals surface area contributed by atoms with Crippen molar-refractivity contribution in [2.75, 3.05) is 6.61 Å². The van der Waals surface area contributed by atoms with E-state index in [1.54, 1.807) is 10.7 Å². The molecule has 0 unspecified atom stereocenters. The largest absolute Gasteiger partial charge is 0.474 e. The van der Waals surface area contributed by atoms with Gasteiger partial charge in [-0.3, -0.25) is 9.48 Å². The highest BCUT2D eigenvalue weighted by atomic mass is 28.4. The molecule has 1 heterocycles. The number of aromatic nitrogens is 2. The zero-order chi connectivity index (χ0) is 16.3. The Morgan fingerprint density at radius 2 is 2.00 bits per heavy atom. The van der Waals surface area contributed by atoms with Gasteiger partial charge in [-0.25, -0.2) is 0 Å². The van der Waals surface area contributed by atoms with Gasteiger partial charge in [0.05, 0.1) is 19.3 Å². The molecule has 0 saturated heterocycles. The minimum absolute atomic E-state index is 0.0383. The fourth-order valence-electron chi connectivity index (χ4n) is 1.58. The van der Waals surface area contributed by atoms with E-state index in [1.165, 1.54) is 0 Å². The van der Waals surface area contributed by atoms with Gasteiger partial charge in [-0.15, -0.1) is 5.10 Å². The van der Waals surface area contributed by atoms with Gasteiger partial charge in [-0.1, -0.05) is 20.8 Å². The summed E-state index contributed by atoms with van der Waals surface area (Å²) in [6, 6.07) is 1.67. The molecule has 0 aliphatic heterocycles. The van der Waals surface area contributed by atoms with E-state index in [-0.39, 0.29) is 11.1 Å². The third kappa shape index (κ3) is 4.96. The molecule has 21 heavy (non-hydrogen) atoms. The van der Waals surface area contributed by atoms with Crippen molar-refractivity contribution in [3.63, 3.8) is 0 Å². The third-order valence-electron chi connectivity index (χ3n) is 3.84. The standard InChI is InChI=1S/C15H28N2O3Si/c1-12(2)20-14-10-13(11-18)17(16-14)8-9-19-21(6,7)15(3,4)5/h10-12H,8-9H2,1-7H3. The predicted octanol–water partition coefficient (Wildman–Crippen LogP) is 3.50. The molecule has 0 N–H and O–H groups in total. The highest BCUT2D eigenvalue weighted by Gasteiger charge is 2.36. The number of carbonyl (C=O) groups is 1. The van der Waals surface area contributed by atoms with Gasteiger partial charge in [-0.05, 0) is 32.0 Å². The van der Waals surface area contributed by atoms with Crippen molar-refractivity contribution < 1.29 is 14.0 Å². The van der Waals surface area contributed by atoms with Crippen LogP contribution >= 0.6 is 0 Å². The fourth-order valence-corrected chi connectivity index (χ4v) is 2.62. The van der Waals surface area contributed by atoms with Gasteiger partial charge in [0.1, 0.15) is 5.69 Å². The average molecular weight is 312 g/mol. The van der Waals surface area contributed by atoms with Crippen LogP contribution in [0.1, 0.15) is 45.1 Å². The molecule has 1 aromatic rings. The van der Waals surface area contributed by atoms with Gasteiger partial charge in [-0.2, -0.15) is 0 Å². The molecule has 0 aromatic carbocycles. The highest BCUT2D eigenvalue weighted by molar-refractivity contribution is 6.74. The van der Waals surface area contributed by atoms with E-state index >= 15 is 0 Å². The van der Waals surface area contributed by atoms with E-state index in [0.717, 1.165) is 6.29 Å². The summed E-state index contributed by atoms with van der Waals surface area (Å²) < 4.78 is 13.3. The van der Waals surface area contributed by atoms with Crippen LogP contribution in [0.2, 0.25) is 18.1 Å². The molecule has 1 aromatic heterocycles. The maximum Gasteiger partial charge on any atom is 0.233 e. The van der Waals surface area contributed by atoms with Gasteiger partial charge >= 0.3 is 0 Å². The zero-order valence-corrected chi connectivity index (χ0v) is 15.3. The monoisotopic (exact) mass is 312 g/mol. The number of rotatable bonds is 7. The zero-order valence-electron chi connectivity index (χ0n) is 14.3. The molecule has 0 amide bonds. The highest BCUT2D eigenvalue weighted by Crippen LogP contribution is 2.36. The van der Waals surface area contributed by atoms with Gasteiger partial charge in [0.25, 0.3) is 0 Å². The Morgan fingerprint density at radius 3 is 2.48 bits per heavy atom. The van der Waals surface area contributed by atoms with Gasteiger partial charge in [0.15, 0.2) is 14.6 Å². The molecule has 6 heteroatoms. The second-order valence-corrected chi connectivity index (χ2v) is 11.8. The number of carbonyl (C=O) groups excluding carboxylic acids is 1. The topological polar surface area (TPSA) is 53.4 Å². The molecule has 5 nitrogen and oxygen atoms in total. The van der Waals surface area contributed by atoms with Crippen LogP contribution in [0.3, 0.4) is 0 Å². The van der Waals surface area contributed by atoms with E-state index < -0.39 is 8.32 Å². The molecule has 0 atom stereocenters. The molecule has 0 aliphatic rings. The van der Waals surface area contributed by atoms with Crippen LogP contribution in [0.25, 0.3) is 0 Å². The summed E-state index contributed by atoms with van der Waals surface area (Å²) >= 11 is 0. The minimum Gasteiger partial charge on any atom is -0.474 e. The SMILES string of the molecule is CC(C)Oc1cc(C=O)n(CCO[Si](C)(C)C(C)(C)C)n1. The Kier molecular flexibility index (Phi) is 5.75. The normalized spacial score (nSPS) is 12.8. The number of hydrogen-bond donors (Lipinski definition) is 0. The first-order valence-electron chi connectivity index (χ1n) is 7.40. The van der Waals surface area contributed by atoms with Gasteiger partial charge in [0.2, 0.25) is 5.88 Å². The Hall–Kier alpha value is -1.14. The summed E-state index contributed by atoms with van der Waals surface area (Å²) in [5.74, 6) is 0.486. The summed E-state index contributed by atoms with van der Waals surface area (Å²) in [6.07, 6.45) is 0.836. The van der Waals surface area contributed by atoms with Gasteiger partial charge < -0.3 is 9.16 Å². The molecule has 0 bridgehead atoms. The molecule has 0 saturated carbocycles. The summed E-state index contributed by atoms with van der Waals surface area (Å²) in [6.45, 7) is 16.0. The van der Waals surface area contributed by atoms with Crippen molar-refractivity contribution in [2.45, 2.75) is 65.4 Å². The number of ether oxygens (including phenoxy) is 1. The fraction of sp³-hybridized carbons (Fsp3) is 0.733. The van der Waals surface area contributed by atoms with E-state index in [0.29, 0.717) is 24.7 Å². The first kappa shape index (κ1) is 17.9. The molecule has 0 spiro atoms. The van der Waals surface area contributed by atoms with E-state index in [2.05, 4.69) is 39.0 Å². The van der Waals surface area contributed by atoms with Crippen LogP contribution in [-0.2, 0) is 11.0 Å². The number of aldehydes is 1. The third-order valence-corrected chi connectivity index (χ3v) is 8.38. The van der Waals surface area contributed by atoms with Crippen molar-refractivity contribution in [1.29, 1.82) is 0 Å². The van der Waals surface area contributed by atoms with Crippen molar-refractivity contribution in [2.24, 2.45) is 0 Å².